The average molecular weight is 546 g/mol. The van der Waals surface area contributed by atoms with Gasteiger partial charge >= 0.3 is 0 Å². The molecule has 0 heterocycles. The molecule has 0 aliphatic carbocycles. The molecule has 0 saturated carbocycles. The van der Waals surface area contributed by atoms with Gasteiger partial charge < -0.3 is 10.6 Å². The fraction of sp³-hybridized carbons (Fsp3) is 0.133. The van der Waals surface area contributed by atoms with Crippen molar-refractivity contribution < 1.29 is 22.4 Å². The topological polar surface area (TPSA) is 95.6 Å². The van der Waals surface area contributed by atoms with Crippen molar-refractivity contribution in [1.82, 2.24) is 5.32 Å². The van der Waals surface area contributed by atoms with Crippen LogP contribution in [0.1, 0.15) is 34.5 Å². The van der Waals surface area contributed by atoms with E-state index in [1.165, 1.54) is 24.3 Å². The van der Waals surface area contributed by atoms with E-state index >= 15 is 0 Å². The normalized spacial score (nSPS) is 11.9. The second-order valence-electron chi connectivity index (χ2n) is 9.00. The van der Waals surface area contributed by atoms with Gasteiger partial charge in [0.1, 0.15) is 12.4 Å². The van der Waals surface area contributed by atoms with Gasteiger partial charge in [-0.15, -0.1) is 0 Å². The van der Waals surface area contributed by atoms with Gasteiger partial charge in [-0.25, -0.2) is 12.8 Å². The summed E-state index contributed by atoms with van der Waals surface area (Å²) in [4.78, 5) is 26.3. The Morgan fingerprint density at radius 1 is 0.846 bits per heavy atom. The highest BCUT2D eigenvalue weighted by Gasteiger charge is 2.28. The lowest BCUT2D eigenvalue weighted by Crippen LogP contribution is -2.38. The fourth-order valence-corrected chi connectivity index (χ4v) is 5.39. The van der Waals surface area contributed by atoms with Gasteiger partial charge in [-0.2, -0.15) is 0 Å². The molecule has 4 aromatic rings. The molecule has 0 spiro atoms. The number of nitrogens with zero attached hydrogens (tertiary/aromatic N) is 1. The van der Waals surface area contributed by atoms with Crippen LogP contribution in [-0.2, 0) is 14.8 Å². The van der Waals surface area contributed by atoms with Crippen LogP contribution in [0.15, 0.2) is 108 Å². The van der Waals surface area contributed by atoms with E-state index in [1.54, 1.807) is 36.4 Å². The molecule has 7 nitrogen and oxygen atoms in total. The number of carbonyl (C=O) groups is 2. The molecule has 4 aromatic carbocycles. The van der Waals surface area contributed by atoms with Crippen molar-refractivity contribution in [3.05, 3.63) is 126 Å². The third-order valence-electron chi connectivity index (χ3n) is 6.10. The molecular weight excluding hydrogens is 517 g/mol. The molecular formula is C30H28FN3O4S. The number of carbonyl (C=O) groups excluding carboxylic acids is 2. The summed E-state index contributed by atoms with van der Waals surface area (Å²) < 4.78 is 41.6. The van der Waals surface area contributed by atoms with E-state index in [2.05, 4.69) is 10.6 Å². The van der Waals surface area contributed by atoms with Crippen molar-refractivity contribution in [3.8, 4) is 0 Å². The Labute approximate surface area is 227 Å². The van der Waals surface area contributed by atoms with E-state index in [4.69, 9.17) is 0 Å². The zero-order valence-corrected chi connectivity index (χ0v) is 22.3. The van der Waals surface area contributed by atoms with Gasteiger partial charge in [-0.05, 0) is 67.9 Å². The highest BCUT2D eigenvalue weighted by Crippen LogP contribution is 2.25. The second kappa shape index (κ2) is 11.9. The van der Waals surface area contributed by atoms with Gasteiger partial charge in [0, 0.05) is 0 Å². The third kappa shape index (κ3) is 6.69. The minimum Gasteiger partial charge on any atom is -0.345 e. The van der Waals surface area contributed by atoms with Crippen LogP contribution in [-0.4, -0.2) is 26.8 Å². The first-order valence-corrected chi connectivity index (χ1v) is 13.7. The Kier molecular flexibility index (Phi) is 8.41. The number of amides is 2. The van der Waals surface area contributed by atoms with Crippen LogP contribution < -0.4 is 14.9 Å². The van der Waals surface area contributed by atoms with E-state index in [9.17, 15) is 22.4 Å². The number of nitrogens with one attached hydrogen (secondary N) is 2. The molecule has 0 fully saturated rings. The first kappa shape index (κ1) is 27.5. The molecule has 0 bridgehead atoms. The van der Waals surface area contributed by atoms with Crippen LogP contribution in [0.3, 0.4) is 0 Å². The van der Waals surface area contributed by atoms with Crippen molar-refractivity contribution in [2.75, 3.05) is 16.2 Å². The SMILES string of the molecule is Cc1ccc(S(=O)(=O)N(CC(=O)Nc2ccccc2C(=O)N[C@H](C)c2ccccc2)c2ccc(F)cc2)cc1. The Balaban J connectivity index is 1.57. The molecule has 0 aromatic heterocycles. The van der Waals surface area contributed by atoms with Gasteiger partial charge in [-0.3, -0.25) is 13.9 Å². The van der Waals surface area contributed by atoms with Crippen LogP contribution in [0.25, 0.3) is 0 Å². The van der Waals surface area contributed by atoms with Crippen molar-refractivity contribution in [1.29, 1.82) is 0 Å². The molecule has 39 heavy (non-hydrogen) atoms. The smallest absolute Gasteiger partial charge is 0.264 e. The molecule has 4 rings (SSSR count). The monoisotopic (exact) mass is 545 g/mol. The number of hydrogen-bond acceptors (Lipinski definition) is 4. The molecule has 0 unspecified atom stereocenters. The number of aryl methyl sites for hydroxylation is 1. The number of hydrogen-bond donors (Lipinski definition) is 2. The molecule has 0 aliphatic heterocycles. The van der Waals surface area contributed by atoms with Crippen LogP contribution in [0.2, 0.25) is 0 Å². The molecule has 200 valence electrons. The lowest BCUT2D eigenvalue weighted by Gasteiger charge is -2.24. The maximum Gasteiger partial charge on any atom is 0.264 e. The van der Waals surface area contributed by atoms with Crippen molar-refractivity contribution in [2.45, 2.75) is 24.8 Å². The summed E-state index contributed by atoms with van der Waals surface area (Å²) in [5, 5.41) is 5.59. The van der Waals surface area contributed by atoms with Crippen LogP contribution in [0.4, 0.5) is 15.8 Å². The zero-order valence-electron chi connectivity index (χ0n) is 21.5. The van der Waals surface area contributed by atoms with Gasteiger partial charge in [0.25, 0.3) is 15.9 Å². The van der Waals surface area contributed by atoms with Gasteiger partial charge in [-0.1, -0.05) is 60.2 Å². The molecule has 0 saturated heterocycles. The highest BCUT2D eigenvalue weighted by atomic mass is 32.2. The van der Waals surface area contributed by atoms with Crippen molar-refractivity contribution in [3.63, 3.8) is 0 Å². The number of anilines is 2. The first-order valence-electron chi connectivity index (χ1n) is 12.2. The highest BCUT2D eigenvalue weighted by molar-refractivity contribution is 7.92. The first-order chi connectivity index (χ1) is 18.6. The lowest BCUT2D eigenvalue weighted by molar-refractivity contribution is -0.114. The van der Waals surface area contributed by atoms with E-state index in [0.29, 0.717) is 0 Å². The van der Waals surface area contributed by atoms with Crippen molar-refractivity contribution in [2.24, 2.45) is 0 Å². The minimum absolute atomic E-state index is 0.0140. The summed E-state index contributed by atoms with van der Waals surface area (Å²) in [5.41, 5.74) is 2.37. The van der Waals surface area contributed by atoms with Crippen LogP contribution >= 0.6 is 0 Å². The largest absolute Gasteiger partial charge is 0.345 e. The Hall–Kier alpha value is -4.50. The quantitative estimate of drug-likeness (QED) is 0.292. The van der Waals surface area contributed by atoms with Crippen molar-refractivity contribution >= 4 is 33.2 Å². The van der Waals surface area contributed by atoms with Gasteiger partial charge in [0.05, 0.1) is 27.9 Å². The summed E-state index contributed by atoms with van der Waals surface area (Å²) >= 11 is 0. The minimum atomic E-state index is -4.17. The average Bonchev–Trinajstić information content (AvgIpc) is 2.93. The predicted octanol–water partition coefficient (Wildman–Crippen LogP) is 5.46. The molecule has 2 N–H and O–H groups in total. The Bertz CT molecular complexity index is 1560. The molecule has 1 atom stereocenters. The number of rotatable bonds is 9. The summed E-state index contributed by atoms with van der Waals surface area (Å²) in [5.74, 6) is -1.61. The number of sulfonamides is 1. The summed E-state index contributed by atoms with van der Waals surface area (Å²) in [7, 11) is -4.17. The number of halogens is 1. The number of benzene rings is 4. The third-order valence-corrected chi connectivity index (χ3v) is 7.89. The molecule has 0 aliphatic rings. The van der Waals surface area contributed by atoms with Gasteiger partial charge in [0.15, 0.2) is 0 Å². The maximum absolute atomic E-state index is 13.6. The van der Waals surface area contributed by atoms with E-state index in [0.717, 1.165) is 27.6 Å². The maximum atomic E-state index is 13.6. The summed E-state index contributed by atoms with van der Waals surface area (Å²) in [6.07, 6.45) is 0. The molecule has 0 radical (unpaired) electrons. The Morgan fingerprint density at radius 3 is 2.13 bits per heavy atom. The van der Waals surface area contributed by atoms with Crippen LogP contribution in [0, 0.1) is 12.7 Å². The second-order valence-corrected chi connectivity index (χ2v) is 10.9. The summed E-state index contributed by atoms with van der Waals surface area (Å²) in [6, 6.07) is 26.7. The molecule has 2 amide bonds. The van der Waals surface area contributed by atoms with Gasteiger partial charge in [0.2, 0.25) is 5.91 Å². The van der Waals surface area contributed by atoms with Crippen LogP contribution in [0.5, 0.6) is 0 Å². The molecule has 9 heteroatoms. The standard InChI is InChI=1S/C30H28FN3O4S/c1-21-12-18-26(19-13-21)39(37,38)34(25-16-14-24(31)15-17-25)20-29(35)33-28-11-7-6-10-27(28)30(36)32-22(2)23-8-4-3-5-9-23/h3-19,22H,20H2,1-2H3,(H,32,36)(H,33,35)/t22-/m1/s1. The predicted molar refractivity (Wildman–Crippen MR) is 150 cm³/mol. The Morgan fingerprint density at radius 2 is 1.46 bits per heavy atom. The van der Waals surface area contributed by atoms with E-state index in [1.807, 2.05) is 44.2 Å². The summed E-state index contributed by atoms with van der Waals surface area (Å²) in [6.45, 7) is 3.08. The van der Waals surface area contributed by atoms with E-state index < -0.39 is 34.2 Å². The van der Waals surface area contributed by atoms with E-state index in [-0.39, 0.29) is 27.9 Å². The number of para-hydroxylation sites is 1. The zero-order chi connectivity index (χ0) is 28.0. The lowest BCUT2D eigenvalue weighted by atomic mass is 10.1. The fourth-order valence-electron chi connectivity index (χ4n) is 3.97.